The predicted molar refractivity (Wildman–Crippen MR) is 133 cm³/mol. The number of methoxy groups -OCH3 is 1. The molecule has 11 heteroatoms. The van der Waals surface area contributed by atoms with Gasteiger partial charge in [0, 0.05) is 50.3 Å². The molecule has 1 saturated heterocycles. The molecule has 0 bridgehead atoms. The Balaban J connectivity index is 1.56. The van der Waals surface area contributed by atoms with Crippen LogP contribution in [0.1, 0.15) is 29.0 Å². The van der Waals surface area contributed by atoms with Crippen LogP contribution in [0.4, 0.5) is 8.78 Å². The number of aromatic nitrogens is 2. The van der Waals surface area contributed by atoms with Crippen LogP contribution in [0.25, 0.3) is 16.9 Å². The van der Waals surface area contributed by atoms with Crippen molar-refractivity contribution in [2.75, 3.05) is 33.3 Å². The van der Waals surface area contributed by atoms with Crippen LogP contribution in [0, 0.1) is 29.9 Å². The first-order chi connectivity index (χ1) is 17.8. The van der Waals surface area contributed by atoms with Gasteiger partial charge in [0.05, 0.1) is 35.7 Å². The molecule has 1 aliphatic rings. The summed E-state index contributed by atoms with van der Waals surface area (Å²) in [7, 11) is 1.26. The van der Waals surface area contributed by atoms with Gasteiger partial charge in [0.1, 0.15) is 5.82 Å². The van der Waals surface area contributed by atoms with Crippen LogP contribution in [-0.4, -0.2) is 64.5 Å². The van der Waals surface area contributed by atoms with E-state index in [0.29, 0.717) is 43.4 Å². The molecule has 2 aromatic carbocycles. The summed E-state index contributed by atoms with van der Waals surface area (Å²) in [6.45, 7) is 3.18. The van der Waals surface area contributed by atoms with E-state index >= 15 is 0 Å². The van der Waals surface area contributed by atoms with Gasteiger partial charge in [-0.2, -0.15) is 9.65 Å². The number of hydrogen-bond acceptors (Lipinski definition) is 5. The van der Waals surface area contributed by atoms with Crippen molar-refractivity contribution in [2.24, 2.45) is 0 Å². The molecule has 2 amide bonds. The van der Waals surface area contributed by atoms with Crippen molar-refractivity contribution < 1.29 is 23.1 Å². The van der Waals surface area contributed by atoms with Crippen LogP contribution in [0.2, 0.25) is 5.02 Å². The van der Waals surface area contributed by atoms with Crippen LogP contribution >= 0.6 is 11.6 Å². The maximum atomic E-state index is 14.8. The number of piperazine rings is 1. The van der Waals surface area contributed by atoms with Crippen LogP contribution in [-0.2, 0) is 4.79 Å². The Kier molecular flexibility index (Phi) is 7.74. The molecule has 3 aromatic rings. The molecule has 0 N–H and O–H groups in total. The van der Waals surface area contributed by atoms with Gasteiger partial charge in [-0.1, -0.05) is 11.6 Å². The lowest BCUT2D eigenvalue weighted by molar-refractivity contribution is -0.132. The van der Waals surface area contributed by atoms with E-state index < -0.39 is 11.6 Å². The molecule has 0 radical (unpaired) electrons. The second-order valence-electron chi connectivity index (χ2n) is 8.46. The summed E-state index contributed by atoms with van der Waals surface area (Å²) in [5.41, 5.74) is 1.12. The molecule has 8 nitrogen and oxygen atoms in total. The fraction of sp³-hybridized carbons (Fsp3) is 0.308. The van der Waals surface area contributed by atoms with Crippen LogP contribution in [0.3, 0.4) is 0 Å². The first kappa shape index (κ1) is 26.1. The predicted octanol–water partition coefficient (Wildman–Crippen LogP) is 4.38. The molecule has 192 valence electrons. The fourth-order valence-electron chi connectivity index (χ4n) is 4.31. The maximum absolute atomic E-state index is 14.8. The SMILES string of the molecule is COc1ccc(-c2cnc(C)n2-c2ccc(C(=O)N3CCN(C(=O)CCC#N)CC3)c(Cl)c2)c(F)c1F. The Bertz CT molecular complexity index is 1390. The van der Waals surface area contributed by atoms with Gasteiger partial charge >= 0.3 is 0 Å². The Labute approximate surface area is 217 Å². The van der Waals surface area contributed by atoms with Crippen molar-refractivity contribution in [3.63, 3.8) is 0 Å². The zero-order valence-corrected chi connectivity index (χ0v) is 21.1. The van der Waals surface area contributed by atoms with E-state index in [4.69, 9.17) is 21.6 Å². The molecule has 37 heavy (non-hydrogen) atoms. The van der Waals surface area contributed by atoms with Crippen molar-refractivity contribution >= 4 is 23.4 Å². The molecular weight excluding hydrogens is 504 g/mol. The quantitative estimate of drug-likeness (QED) is 0.474. The molecule has 1 aliphatic heterocycles. The maximum Gasteiger partial charge on any atom is 0.255 e. The molecule has 0 atom stereocenters. The van der Waals surface area contributed by atoms with E-state index in [1.54, 1.807) is 39.5 Å². The number of rotatable bonds is 6. The van der Waals surface area contributed by atoms with Crippen molar-refractivity contribution in [2.45, 2.75) is 19.8 Å². The van der Waals surface area contributed by atoms with Crippen LogP contribution in [0.5, 0.6) is 5.75 Å². The summed E-state index contributed by atoms with van der Waals surface area (Å²) in [6, 6.07) is 9.53. The highest BCUT2D eigenvalue weighted by Crippen LogP contribution is 2.33. The molecule has 1 fully saturated rings. The van der Waals surface area contributed by atoms with Crippen molar-refractivity contribution in [3.05, 3.63) is 64.6 Å². The lowest BCUT2D eigenvalue weighted by Gasteiger charge is -2.35. The number of aryl methyl sites for hydroxylation is 1. The molecule has 2 heterocycles. The minimum atomic E-state index is -1.10. The van der Waals surface area contributed by atoms with Gasteiger partial charge in [-0.25, -0.2) is 9.37 Å². The first-order valence-electron chi connectivity index (χ1n) is 11.6. The standard InChI is InChI=1S/C26H24ClF2N5O3/c1-16-31-15-21(19-7-8-22(37-2)25(29)24(19)28)34(16)17-5-6-18(20(27)14-17)26(36)33-12-10-32(11-13-33)23(35)4-3-9-30/h5-8,14-15H,3-4,10-13H2,1-2H3. The van der Waals surface area contributed by atoms with Gasteiger partial charge < -0.3 is 14.5 Å². The third-order valence-electron chi connectivity index (χ3n) is 6.29. The van der Waals surface area contributed by atoms with E-state index in [2.05, 4.69) is 4.98 Å². The summed E-state index contributed by atoms with van der Waals surface area (Å²) >= 11 is 6.52. The Morgan fingerprint density at radius 1 is 1.11 bits per heavy atom. The molecular formula is C26H24ClF2N5O3. The number of carbonyl (C=O) groups excluding carboxylic acids is 2. The highest BCUT2D eigenvalue weighted by Gasteiger charge is 2.26. The molecule has 1 aromatic heterocycles. The largest absolute Gasteiger partial charge is 0.494 e. The highest BCUT2D eigenvalue weighted by molar-refractivity contribution is 6.34. The summed E-state index contributed by atoms with van der Waals surface area (Å²) < 4.78 is 35.7. The lowest BCUT2D eigenvalue weighted by atomic mass is 10.1. The molecule has 0 saturated carbocycles. The third kappa shape index (κ3) is 5.13. The summed E-state index contributed by atoms with van der Waals surface area (Å²) in [4.78, 5) is 32.8. The number of benzene rings is 2. The number of nitriles is 1. The van der Waals surface area contributed by atoms with E-state index in [1.165, 1.54) is 25.4 Å². The van der Waals surface area contributed by atoms with Crippen LogP contribution < -0.4 is 4.74 Å². The fourth-order valence-corrected chi connectivity index (χ4v) is 4.57. The average molecular weight is 528 g/mol. The van der Waals surface area contributed by atoms with E-state index in [9.17, 15) is 18.4 Å². The normalized spacial score (nSPS) is 13.4. The number of nitrogens with zero attached hydrogens (tertiary/aromatic N) is 5. The highest BCUT2D eigenvalue weighted by atomic mass is 35.5. The number of ether oxygens (including phenoxy) is 1. The Morgan fingerprint density at radius 3 is 2.46 bits per heavy atom. The minimum Gasteiger partial charge on any atom is -0.494 e. The Hall–Kier alpha value is -3.97. The molecule has 4 rings (SSSR count). The second kappa shape index (κ2) is 11.0. The van der Waals surface area contributed by atoms with E-state index in [1.807, 2.05) is 6.07 Å². The average Bonchev–Trinajstić information content (AvgIpc) is 3.29. The van der Waals surface area contributed by atoms with Crippen LogP contribution in [0.15, 0.2) is 36.5 Å². The van der Waals surface area contributed by atoms with Gasteiger partial charge in [-0.05, 0) is 37.3 Å². The van der Waals surface area contributed by atoms with Gasteiger partial charge in [-0.15, -0.1) is 0 Å². The summed E-state index contributed by atoms with van der Waals surface area (Å²) in [5, 5.41) is 8.85. The van der Waals surface area contributed by atoms with Gasteiger partial charge in [0.15, 0.2) is 11.6 Å². The monoisotopic (exact) mass is 527 g/mol. The molecule has 0 unspecified atom stereocenters. The van der Waals surface area contributed by atoms with E-state index in [0.717, 1.165) is 0 Å². The number of amides is 2. The van der Waals surface area contributed by atoms with Gasteiger partial charge in [0.2, 0.25) is 11.7 Å². The topological polar surface area (TPSA) is 91.5 Å². The van der Waals surface area contributed by atoms with Crippen molar-refractivity contribution in [1.82, 2.24) is 19.4 Å². The Morgan fingerprint density at radius 2 is 1.81 bits per heavy atom. The van der Waals surface area contributed by atoms with E-state index in [-0.39, 0.29) is 46.6 Å². The zero-order chi connectivity index (χ0) is 26.7. The minimum absolute atomic E-state index is 0.00244. The van der Waals surface area contributed by atoms with Crippen molar-refractivity contribution in [1.29, 1.82) is 5.26 Å². The smallest absolute Gasteiger partial charge is 0.255 e. The van der Waals surface area contributed by atoms with Crippen molar-refractivity contribution in [3.8, 4) is 28.8 Å². The third-order valence-corrected chi connectivity index (χ3v) is 6.61. The number of hydrogen-bond donors (Lipinski definition) is 0. The number of imidazole rings is 1. The van der Waals surface area contributed by atoms with Gasteiger partial charge in [-0.3, -0.25) is 14.2 Å². The molecule has 0 aliphatic carbocycles. The zero-order valence-electron chi connectivity index (χ0n) is 20.3. The number of halogens is 3. The van der Waals surface area contributed by atoms with Gasteiger partial charge in [0.25, 0.3) is 5.91 Å². The first-order valence-corrected chi connectivity index (χ1v) is 11.9. The lowest BCUT2D eigenvalue weighted by Crippen LogP contribution is -2.50. The summed E-state index contributed by atoms with van der Waals surface area (Å²) in [6.07, 6.45) is 1.77. The number of carbonyl (C=O) groups is 2. The second-order valence-corrected chi connectivity index (χ2v) is 8.87. The summed E-state index contributed by atoms with van der Waals surface area (Å²) in [5.74, 6) is -2.23. The molecule has 0 spiro atoms.